The molecule has 0 rings (SSSR count). The molecule has 0 radical (unpaired) electrons. The molecular weight excluding hydrogens is 560 g/mol. The zero-order valence-electron chi connectivity index (χ0n) is 28.2. The van der Waals surface area contributed by atoms with Gasteiger partial charge in [-0.05, 0) is 76.7 Å². The van der Waals surface area contributed by atoms with Crippen LogP contribution in [0, 0.1) is 0 Å². The summed E-state index contributed by atoms with van der Waals surface area (Å²) >= 11 is 0. The molecule has 0 saturated carbocycles. The van der Waals surface area contributed by atoms with Crippen LogP contribution in [0.1, 0.15) is 129 Å². The summed E-state index contributed by atoms with van der Waals surface area (Å²) in [4.78, 5) is 22.9. The predicted molar refractivity (Wildman–Crippen MR) is 191 cm³/mol. The van der Waals surface area contributed by atoms with Crippen molar-refractivity contribution in [3.05, 3.63) is 97.2 Å². The predicted octanol–water partition coefficient (Wildman–Crippen LogP) is 10.9. The van der Waals surface area contributed by atoms with E-state index in [2.05, 4.69) is 68.5 Å². The first kappa shape index (κ1) is 41.8. The van der Waals surface area contributed by atoms with Crippen molar-refractivity contribution in [2.75, 3.05) is 0 Å². The third-order valence-electron chi connectivity index (χ3n) is 6.90. The standard InChI is InChI=1S/C40H62O5/c1-3-5-25-31-37(41)32-27-21-17-13-9-7-12-16-20-24-30-36-40(44)45-38(33-26-6-4-2)34-28-22-18-14-10-8-11-15-19-23-29-35-39(42)43/h7-10,15-22,27-28,32,34,37-38,41H,3-6,11-14,23-26,29-31,33,35-36H2,1-2H3,(H,42,43)/t37-,38-/m0/s1. The Morgan fingerprint density at radius 1 is 0.578 bits per heavy atom. The minimum Gasteiger partial charge on any atom is -0.481 e. The second kappa shape index (κ2) is 33.7. The van der Waals surface area contributed by atoms with Crippen molar-refractivity contribution in [2.45, 2.75) is 142 Å². The molecule has 0 saturated heterocycles. The maximum Gasteiger partial charge on any atom is 0.306 e. The van der Waals surface area contributed by atoms with E-state index in [9.17, 15) is 14.7 Å². The maximum absolute atomic E-state index is 12.4. The SMILES string of the molecule is CCCCC[C@H](O)C=CC=CCC=CCC=CCCCC(=O)O[C@H](C=CC=CCC=CCC=CCCCC(=O)O)CCCCC. The Morgan fingerprint density at radius 2 is 1.07 bits per heavy atom. The Morgan fingerprint density at radius 3 is 1.62 bits per heavy atom. The van der Waals surface area contributed by atoms with Gasteiger partial charge in [0.05, 0.1) is 6.10 Å². The number of unbranched alkanes of at least 4 members (excludes halogenated alkanes) is 6. The minimum atomic E-state index is -0.742. The van der Waals surface area contributed by atoms with Gasteiger partial charge >= 0.3 is 11.9 Å². The lowest BCUT2D eigenvalue weighted by Gasteiger charge is -2.14. The third-order valence-corrected chi connectivity index (χ3v) is 6.90. The van der Waals surface area contributed by atoms with Crippen molar-refractivity contribution < 1.29 is 24.5 Å². The van der Waals surface area contributed by atoms with Crippen LogP contribution in [0.3, 0.4) is 0 Å². The number of carbonyl (C=O) groups excluding carboxylic acids is 1. The summed E-state index contributed by atoms with van der Waals surface area (Å²) in [5.41, 5.74) is 0. The summed E-state index contributed by atoms with van der Waals surface area (Å²) in [5, 5.41) is 18.5. The number of aliphatic hydroxyl groups is 1. The normalized spacial score (nSPS) is 14.2. The number of aliphatic hydroxyl groups excluding tert-OH is 1. The van der Waals surface area contributed by atoms with Gasteiger partial charge in [0.2, 0.25) is 0 Å². The van der Waals surface area contributed by atoms with Gasteiger partial charge in [0.25, 0.3) is 0 Å². The van der Waals surface area contributed by atoms with Crippen LogP contribution in [-0.2, 0) is 14.3 Å². The molecule has 5 heteroatoms. The fraction of sp³-hybridized carbons (Fsp3) is 0.550. The van der Waals surface area contributed by atoms with Crippen molar-refractivity contribution in [1.82, 2.24) is 0 Å². The first-order valence-corrected chi connectivity index (χ1v) is 17.4. The van der Waals surface area contributed by atoms with Crippen molar-refractivity contribution >= 4 is 11.9 Å². The van der Waals surface area contributed by atoms with Crippen LogP contribution in [0.2, 0.25) is 0 Å². The number of ether oxygens (including phenoxy) is 1. The largest absolute Gasteiger partial charge is 0.481 e. The van der Waals surface area contributed by atoms with Crippen molar-refractivity contribution in [3.63, 3.8) is 0 Å². The maximum atomic E-state index is 12.4. The molecule has 0 fully saturated rings. The van der Waals surface area contributed by atoms with E-state index in [1.54, 1.807) is 0 Å². The highest BCUT2D eigenvalue weighted by Crippen LogP contribution is 2.11. The molecule has 0 unspecified atom stereocenters. The van der Waals surface area contributed by atoms with Crippen LogP contribution in [0.5, 0.6) is 0 Å². The number of hydrogen-bond acceptors (Lipinski definition) is 4. The van der Waals surface area contributed by atoms with E-state index in [1.807, 2.05) is 42.5 Å². The van der Waals surface area contributed by atoms with E-state index < -0.39 is 5.97 Å². The Bertz CT molecular complexity index is 948. The lowest BCUT2D eigenvalue weighted by atomic mass is 10.1. The number of carboxylic acids is 1. The summed E-state index contributed by atoms with van der Waals surface area (Å²) in [7, 11) is 0. The molecule has 0 aromatic heterocycles. The fourth-order valence-electron chi connectivity index (χ4n) is 4.27. The van der Waals surface area contributed by atoms with Crippen molar-refractivity contribution in [1.29, 1.82) is 0 Å². The third kappa shape index (κ3) is 33.5. The molecule has 0 aromatic rings. The first-order valence-electron chi connectivity index (χ1n) is 17.4. The summed E-state index contributed by atoms with van der Waals surface area (Å²) in [6.07, 6.45) is 47.8. The highest BCUT2D eigenvalue weighted by atomic mass is 16.5. The quantitative estimate of drug-likeness (QED) is 0.0375. The Balaban J connectivity index is 4.19. The topological polar surface area (TPSA) is 83.8 Å². The zero-order valence-corrected chi connectivity index (χ0v) is 28.2. The molecule has 45 heavy (non-hydrogen) atoms. The molecule has 0 aromatic carbocycles. The molecule has 0 bridgehead atoms. The highest BCUT2D eigenvalue weighted by Gasteiger charge is 2.10. The van der Waals surface area contributed by atoms with Gasteiger partial charge in [0.1, 0.15) is 6.10 Å². The number of carbonyl (C=O) groups is 2. The second-order valence-electron chi connectivity index (χ2n) is 11.2. The molecule has 252 valence electrons. The first-order chi connectivity index (χ1) is 22.0. The molecule has 2 atom stereocenters. The van der Waals surface area contributed by atoms with Crippen LogP contribution in [0.25, 0.3) is 0 Å². The number of hydrogen-bond donors (Lipinski definition) is 2. The molecule has 0 aliphatic rings. The molecular formula is C40H62O5. The van der Waals surface area contributed by atoms with E-state index in [0.29, 0.717) is 12.8 Å². The Labute approximate surface area is 274 Å². The van der Waals surface area contributed by atoms with Gasteiger partial charge in [-0.25, -0.2) is 0 Å². The van der Waals surface area contributed by atoms with Gasteiger partial charge in [0, 0.05) is 12.8 Å². The molecule has 0 aliphatic carbocycles. The second-order valence-corrected chi connectivity index (χ2v) is 11.2. The molecule has 2 N–H and O–H groups in total. The minimum absolute atomic E-state index is 0.133. The zero-order chi connectivity index (χ0) is 33.1. The van der Waals surface area contributed by atoms with Gasteiger partial charge in [-0.3, -0.25) is 9.59 Å². The molecule has 5 nitrogen and oxygen atoms in total. The van der Waals surface area contributed by atoms with Gasteiger partial charge in [-0.1, -0.05) is 137 Å². The van der Waals surface area contributed by atoms with Crippen LogP contribution in [0.15, 0.2) is 97.2 Å². The summed E-state index contributed by atoms with van der Waals surface area (Å²) < 4.78 is 5.77. The molecule has 0 spiro atoms. The van der Waals surface area contributed by atoms with Gasteiger partial charge in [-0.2, -0.15) is 0 Å². The number of carboxylic acid groups (broad SMARTS) is 1. The lowest BCUT2D eigenvalue weighted by Crippen LogP contribution is -2.16. The smallest absolute Gasteiger partial charge is 0.306 e. The summed E-state index contributed by atoms with van der Waals surface area (Å²) in [6, 6.07) is 0. The average Bonchev–Trinajstić information content (AvgIpc) is 3.01. The Hall–Kier alpha value is -3.18. The van der Waals surface area contributed by atoms with Gasteiger partial charge in [-0.15, -0.1) is 0 Å². The van der Waals surface area contributed by atoms with Crippen molar-refractivity contribution in [3.8, 4) is 0 Å². The summed E-state index contributed by atoms with van der Waals surface area (Å²) in [6.45, 7) is 4.34. The number of aliphatic carboxylic acids is 1. The highest BCUT2D eigenvalue weighted by molar-refractivity contribution is 5.69. The number of allylic oxidation sites excluding steroid dienone is 14. The molecule has 0 heterocycles. The number of rotatable bonds is 29. The Kier molecular flexibility index (Phi) is 31.3. The fourth-order valence-corrected chi connectivity index (χ4v) is 4.27. The molecule has 0 amide bonds. The average molecular weight is 623 g/mol. The van der Waals surface area contributed by atoms with Gasteiger partial charge < -0.3 is 14.9 Å². The monoisotopic (exact) mass is 622 g/mol. The lowest BCUT2D eigenvalue weighted by molar-refractivity contribution is -0.147. The number of esters is 1. The van der Waals surface area contributed by atoms with Crippen LogP contribution < -0.4 is 0 Å². The van der Waals surface area contributed by atoms with Crippen LogP contribution in [0.4, 0.5) is 0 Å². The van der Waals surface area contributed by atoms with E-state index in [0.717, 1.165) is 83.5 Å². The van der Waals surface area contributed by atoms with Crippen molar-refractivity contribution in [2.24, 2.45) is 0 Å². The van der Waals surface area contributed by atoms with Crippen LogP contribution in [-0.4, -0.2) is 34.4 Å². The van der Waals surface area contributed by atoms with E-state index in [4.69, 9.17) is 9.84 Å². The van der Waals surface area contributed by atoms with Gasteiger partial charge in [0.15, 0.2) is 0 Å². The van der Waals surface area contributed by atoms with E-state index in [1.165, 1.54) is 12.8 Å². The molecule has 0 aliphatic heterocycles. The van der Waals surface area contributed by atoms with E-state index in [-0.39, 0.29) is 24.6 Å². The summed E-state index contributed by atoms with van der Waals surface area (Å²) in [5.74, 6) is -0.874. The van der Waals surface area contributed by atoms with Crippen LogP contribution >= 0.6 is 0 Å². The van der Waals surface area contributed by atoms with E-state index >= 15 is 0 Å².